The van der Waals surface area contributed by atoms with Gasteiger partial charge in [0.15, 0.2) is 0 Å². The van der Waals surface area contributed by atoms with Gasteiger partial charge in [0, 0.05) is 35.0 Å². The first kappa shape index (κ1) is 17.8. The lowest BCUT2D eigenvalue weighted by Gasteiger charge is -2.06. The smallest absolute Gasteiger partial charge is 0.340 e. The number of rotatable bonds is 5. The molecule has 0 radical (unpaired) electrons. The van der Waals surface area contributed by atoms with Crippen LogP contribution in [0, 0.1) is 13.8 Å². The molecule has 148 valence electrons. The zero-order chi connectivity index (χ0) is 20.1. The summed E-state index contributed by atoms with van der Waals surface area (Å²) in [6, 6.07) is 10.3. The molecule has 0 saturated heterocycles. The summed E-state index contributed by atoms with van der Waals surface area (Å²) in [4.78, 5) is 17.6. The molecule has 1 saturated carbocycles. The van der Waals surface area contributed by atoms with E-state index in [0.29, 0.717) is 11.6 Å². The van der Waals surface area contributed by atoms with E-state index in [1.165, 1.54) is 0 Å². The Labute approximate surface area is 168 Å². The summed E-state index contributed by atoms with van der Waals surface area (Å²) in [5.41, 5.74) is 5.34. The van der Waals surface area contributed by atoms with Crippen molar-refractivity contribution >= 4 is 22.5 Å². The summed E-state index contributed by atoms with van der Waals surface area (Å²) < 4.78 is 15.3. The lowest BCUT2D eigenvalue weighted by Crippen LogP contribution is -2.08. The SMILES string of the molecule is COc1ccc2c(c1)c(C(=O)OCc1cn3cc(C)ccc3n1)c(C)n2C1CC1. The first-order chi connectivity index (χ1) is 14.0. The molecule has 1 aliphatic rings. The molecular formula is C23H23N3O3. The number of ether oxygens (including phenoxy) is 2. The topological polar surface area (TPSA) is 57.8 Å². The maximum Gasteiger partial charge on any atom is 0.340 e. The predicted octanol–water partition coefficient (Wildman–Crippen LogP) is 4.61. The summed E-state index contributed by atoms with van der Waals surface area (Å²) >= 11 is 0. The van der Waals surface area contributed by atoms with Crippen LogP contribution in [0.25, 0.3) is 16.6 Å². The molecule has 3 aromatic heterocycles. The van der Waals surface area contributed by atoms with Crippen LogP contribution in [0.5, 0.6) is 5.75 Å². The standard InChI is InChI=1S/C23H23N3O3/c1-14-4-9-21-24-16(12-25(21)11-14)13-29-23(27)22-15(2)26(17-5-6-17)20-8-7-18(28-3)10-19(20)22/h4,7-12,17H,5-6,13H2,1-3H3. The number of fused-ring (bicyclic) bond motifs is 2. The van der Waals surface area contributed by atoms with Crippen LogP contribution in [0.1, 0.15) is 46.2 Å². The minimum Gasteiger partial charge on any atom is -0.497 e. The van der Waals surface area contributed by atoms with Crippen LogP contribution < -0.4 is 4.74 Å². The number of aryl methyl sites for hydroxylation is 1. The maximum absolute atomic E-state index is 13.1. The number of pyridine rings is 1. The zero-order valence-electron chi connectivity index (χ0n) is 16.8. The second kappa shape index (κ2) is 6.65. The van der Waals surface area contributed by atoms with Gasteiger partial charge < -0.3 is 18.4 Å². The minimum atomic E-state index is -0.326. The minimum absolute atomic E-state index is 0.138. The van der Waals surface area contributed by atoms with Crippen molar-refractivity contribution in [1.29, 1.82) is 0 Å². The summed E-state index contributed by atoms with van der Waals surface area (Å²) in [5.74, 6) is 0.406. The second-order valence-corrected chi connectivity index (χ2v) is 7.72. The average molecular weight is 389 g/mol. The summed E-state index contributed by atoms with van der Waals surface area (Å²) in [6.07, 6.45) is 6.20. The van der Waals surface area contributed by atoms with Gasteiger partial charge in [-0.3, -0.25) is 0 Å². The summed E-state index contributed by atoms with van der Waals surface area (Å²) in [5, 5.41) is 0.879. The number of hydrogen-bond donors (Lipinski definition) is 0. The number of methoxy groups -OCH3 is 1. The summed E-state index contributed by atoms with van der Waals surface area (Å²) in [7, 11) is 1.63. The van der Waals surface area contributed by atoms with Gasteiger partial charge in [-0.2, -0.15) is 0 Å². The molecule has 29 heavy (non-hydrogen) atoms. The number of carbonyl (C=O) groups excluding carboxylic acids is 1. The van der Waals surface area contributed by atoms with Gasteiger partial charge in [-0.05, 0) is 56.5 Å². The van der Waals surface area contributed by atoms with Crippen LogP contribution in [0.3, 0.4) is 0 Å². The number of hydrogen-bond acceptors (Lipinski definition) is 4. The fourth-order valence-corrected chi connectivity index (χ4v) is 4.05. The van der Waals surface area contributed by atoms with Crippen LogP contribution >= 0.6 is 0 Å². The highest BCUT2D eigenvalue weighted by Gasteiger charge is 2.30. The number of aromatic nitrogens is 3. The Morgan fingerprint density at radius 3 is 2.76 bits per heavy atom. The predicted molar refractivity (Wildman–Crippen MR) is 111 cm³/mol. The molecule has 6 heteroatoms. The van der Waals surface area contributed by atoms with E-state index < -0.39 is 0 Å². The highest BCUT2D eigenvalue weighted by atomic mass is 16.5. The number of nitrogens with zero attached hydrogens (tertiary/aromatic N) is 3. The van der Waals surface area contributed by atoms with Crippen LogP contribution in [-0.2, 0) is 11.3 Å². The number of carbonyl (C=O) groups is 1. The van der Waals surface area contributed by atoms with Crippen molar-refractivity contribution in [3.63, 3.8) is 0 Å². The molecule has 5 rings (SSSR count). The summed E-state index contributed by atoms with van der Waals surface area (Å²) in [6.45, 7) is 4.17. The van der Waals surface area contributed by atoms with Gasteiger partial charge >= 0.3 is 5.97 Å². The second-order valence-electron chi connectivity index (χ2n) is 7.72. The number of benzene rings is 1. The van der Waals surface area contributed by atoms with Gasteiger partial charge in [0.1, 0.15) is 18.0 Å². The Kier molecular flexibility index (Phi) is 4.08. The Hall–Kier alpha value is -3.28. The molecule has 0 N–H and O–H groups in total. The molecule has 0 aliphatic heterocycles. The molecular weight excluding hydrogens is 366 g/mol. The Bertz CT molecular complexity index is 1250. The third kappa shape index (κ3) is 3.05. The van der Waals surface area contributed by atoms with Crippen LogP contribution in [0.2, 0.25) is 0 Å². The molecule has 4 aromatic rings. The molecule has 0 spiro atoms. The highest BCUT2D eigenvalue weighted by molar-refractivity contribution is 6.06. The molecule has 0 amide bonds. The molecule has 1 aromatic carbocycles. The molecule has 0 atom stereocenters. The van der Waals surface area contributed by atoms with E-state index in [-0.39, 0.29) is 12.6 Å². The van der Waals surface area contributed by atoms with Crippen LogP contribution in [-0.4, -0.2) is 27.0 Å². The highest BCUT2D eigenvalue weighted by Crippen LogP contribution is 2.42. The zero-order valence-corrected chi connectivity index (χ0v) is 16.8. The van der Waals surface area contributed by atoms with E-state index in [4.69, 9.17) is 9.47 Å². The first-order valence-electron chi connectivity index (χ1n) is 9.85. The van der Waals surface area contributed by atoms with Gasteiger partial charge in [0.2, 0.25) is 0 Å². The largest absolute Gasteiger partial charge is 0.497 e. The first-order valence-corrected chi connectivity index (χ1v) is 9.85. The van der Waals surface area contributed by atoms with E-state index >= 15 is 0 Å². The third-order valence-corrected chi connectivity index (χ3v) is 5.57. The number of imidazole rings is 1. The Balaban J connectivity index is 1.47. The van der Waals surface area contributed by atoms with Gasteiger partial charge in [-0.15, -0.1) is 0 Å². The molecule has 1 aliphatic carbocycles. The van der Waals surface area contributed by atoms with E-state index in [0.717, 1.165) is 52.1 Å². The maximum atomic E-state index is 13.1. The van der Waals surface area contributed by atoms with E-state index in [9.17, 15) is 4.79 Å². The van der Waals surface area contributed by atoms with Crippen molar-refractivity contribution in [2.24, 2.45) is 0 Å². The monoisotopic (exact) mass is 389 g/mol. The Morgan fingerprint density at radius 2 is 2.00 bits per heavy atom. The van der Waals surface area contributed by atoms with Crippen molar-refractivity contribution in [3.05, 3.63) is 65.2 Å². The van der Waals surface area contributed by atoms with E-state index in [1.54, 1.807) is 7.11 Å². The molecule has 3 heterocycles. The van der Waals surface area contributed by atoms with Crippen LogP contribution in [0.15, 0.2) is 42.7 Å². The third-order valence-electron chi connectivity index (χ3n) is 5.57. The van der Waals surface area contributed by atoms with Crippen LogP contribution in [0.4, 0.5) is 0 Å². The van der Waals surface area contributed by atoms with Crippen molar-refractivity contribution in [2.45, 2.75) is 39.3 Å². The van der Waals surface area contributed by atoms with Crippen molar-refractivity contribution in [1.82, 2.24) is 14.0 Å². The normalized spacial score (nSPS) is 13.9. The quantitative estimate of drug-likeness (QED) is 0.468. The molecule has 6 nitrogen and oxygen atoms in total. The van der Waals surface area contributed by atoms with Crippen molar-refractivity contribution in [2.75, 3.05) is 7.11 Å². The molecule has 0 bridgehead atoms. The van der Waals surface area contributed by atoms with Crippen molar-refractivity contribution in [3.8, 4) is 5.75 Å². The number of esters is 1. The average Bonchev–Trinajstić information content (AvgIpc) is 3.39. The lowest BCUT2D eigenvalue weighted by atomic mass is 10.1. The Morgan fingerprint density at radius 1 is 1.17 bits per heavy atom. The molecule has 0 unspecified atom stereocenters. The van der Waals surface area contributed by atoms with Crippen molar-refractivity contribution < 1.29 is 14.3 Å². The molecule has 1 fully saturated rings. The fourth-order valence-electron chi connectivity index (χ4n) is 4.05. The lowest BCUT2D eigenvalue weighted by molar-refractivity contribution is 0.0469. The van der Waals surface area contributed by atoms with E-state index in [2.05, 4.69) is 9.55 Å². The van der Waals surface area contributed by atoms with Gasteiger partial charge in [0.25, 0.3) is 0 Å². The van der Waals surface area contributed by atoms with Gasteiger partial charge in [0.05, 0.1) is 18.4 Å². The fraction of sp³-hybridized carbons (Fsp3) is 0.304. The van der Waals surface area contributed by atoms with Gasteiger partial charge in [-0.1, -0.05) is 6.07 Å². The van der Waals surface area contributed by atoms with E-state index in [1.807, 2.05) is 61.0 Å². The van der Waals surface area contributed by atoms with Gasteiger partial charge in [-0.25, -0.2) is 9.78 Å².